The summed E-state index contributed by atoms with van der Waals surface area (Å²) in [5.74, 6) is 0.576. The van der Waals surface area contributed by atoms with Crippen molar-refractivity contribution in [3.05, 3.63) is 59.4 Å². The van der Waals surface area contributed by atoms with Gasteiger partial charge >= 0.3 is 0 Å². The van der Waals surface area contributed by atoms with Gasteiger partial charge in [-0.2, -0.15) is 4.98 Å². The molecule has 2 aromatic heterocycles. The van der Waals surface area contributed by atoms with E-state index in [1.165, 1.54) is 23.5 Å². The van der Waals surface area contributed by atoms with E-state index in [0.717, 1.165) is 12.8 Å². The highest BCUT2D eigenvalue weighted by molar-refractivity contribution is 7.92. The van der Waals surface area contributed by atoms with Crippen molar-refractivity contribution in [2.24, 2.45) is 5.41 Å². The minimum atomic E-state index is -3.84. The molecule has 33 heavy (non-hydrogen) atoms. The number of rotatable bonds is 7. The summed E-state index contributed by atoms with van der Waals surface area (Å²) in [6.45, 7) is 1.91. The number of nitrogens with zero attached hydrogens (tertiary/aromatic N) is 3. The summed E-state index contributed by atoms with van der Waals surface area (Å²) in [7, 11) is -3.84. The molecular weight excluding hydrogens is 462 g/mol. The minimum absolute atomic E-state index is 0.0579. The molecule has 1 amide bonds. The van der Waals surface area contributed by atoms with Crippen LogP contribution in [0.4, 0.5) is 11.4 Å². The molecule has 0 unspecified atom stereocenters. The maximum atomic E-state index is 12.9. The number of hydrogen-bond donors (Lipinski definition) is 2. The lowest BCUT2D eigenvalue weighted by Crippen LogP contribution is -2.21. The van der Waals surface area contributed by atoms with Crippen molar-refractivity contribution in [1.29, 1.82) is 0 Å². The van der Waals surface area contributed by atoms with Crippen molar-refractivity contribution >= 4 is 38.6 Å². The summed E-state index contributed by atoms with van der Waals surface area (Å²) in [5, 5.41) is 8.58. The Morgan fingerprint density at radius 1 is 1.12 bits per heavy atom. The number of aromatic nitrogens is 3. The smallest absolute Gasteiger partial charge is 0.277 e. The Labute approximate surface area is 193 Å². The standard InChI is InChI=1S/C22H19N5O4S2/c1-22(9-10-22)21(28)24-15-3-2-4-16(11-15)27-33(29,30)17-7-5-14(6-8-17)19-25-20(31-26-19)18-12-32-13-23-18/h2-8,11-13,27H,9-10H2,1H3,(H,24,28). The molecule has 1 aliphatic carbocycles. The van der Waals surface area contributed by atoms with Crippen LogP contribution in [0.2, 0.25) is 0 Å². The van der Waals surface area contributed by atoms with Gasteiger partial charge in [0, 0.05) is 22.0 Å². The van der Waals surface area contributed by atoms with Crippen molar-refractivity contribution in [1.82, 2.24) is 15.1 Å². The Kier molecular flexibility index (Phi) is 5.22. The fourth-order valence-corrected chi connectivity index (χ4v) is 4.69. The zero-order valence-electron chi connectivity index (χ0n) is 17.5. The van der Waals surface area contributed by atoms with Gasteiger partial charge in [-0.25, -0.2) is 13.4 Å². The lowest BCUT2D eigenvalue weighted by Gasteiger charge is -2.12. The molecule has 168 valence electrons. The first-order chi connectivity index (χ1) is 15.8. The number of carbonyl (C=O) groups is 1. The van der Waals surface area contributed by atoms with Gasteiger partial charge in [0.1, 0.15) is 5.69 Å². The second-order valence-corrected chi connectivity index (χ2v) is 10.4. The van der Waals surface area contributed by atoms with Crippen LogP contribution in [0.5, 0.6) is 0 Å². The summed E-state index contributed by atoms with van der Waals surface area (Å²) in [4.78, 5) is 20.8. The SMILES string of the molecule is CC1(C(=O)Nc2cccc(NS(=O)(=O)c3ccc(-c4noc(-c5cscn5)n4)cc3)c2)CC1. The van der Waals surface area contributed by atoms with Gasteiger partial charge in [-0.3, -0.25) is 9.52 Å². The summed E-state index contributed by atoms with van der Waals surface area (Å²) in [6, 6.07) is 12.8. The second kappa shape index (κ2) is 8.09. The fraction of sp³-hybridized carbons (Fsp3) is 0.182. The van der Waals surface area contributed by atoms with E-state index in [1.807, 2.05) is 6.92 Å². The molecule has 1 aliphatic rings. The summed E-state index contributed by atoms with van der Waals surface area (Å²) in [5.41, 5.74) is 3.43. The van der Waals surface area contributed by atoms with Crippen LogP contribution in [0.3, 0.4) is 0 Å². The molecule has 1 fully saturated rings. The largest absolute Gasteiger partial charge is 0.332 e. The molecule has 4 aromatic rings. The number of carbonyl (C=O) groups excluding carboxylic acids is 1. The Hall–Kier alpha value is -3.57. The molecule has 2 N–H and O–H groups in total. The normalized spacial score (nSPS) is 14.6. The highest BCUT2D eigenvalue weighted by atomic mass is 32.2. The van der Waals surface area contributed by atoms with E-state index in [9.17, 15) is 13.2 Å². The highest BCUT2D eigenvalue weighted by Crippen LogP contribution is 2.45. The Balaban J connectivity index is 1.30. The predicted octanol–water partition coefficient (Wildman–Crippen LogP) is 4.40. The average molecular weight is 482 g/mol. The number of thiazole rings is 1. The third-order valence-electron chi connectivity index (χ3n) is 5.42. The van der Waals surface area contributed by atoms with Crippen molar-refractivity contribution in [3.8, 4) is 23.0 Å². The van der Waals surface area contributed by atoms with Crippen molar-refractivity contribution in [2.75, 3.05) is 10.0 Å². The molecule has 0 saturated heterocycles. The van der Waals surface area contributed by atoms with Crippen LogP contribution in [0.15, 0.2) is 68.8 Å². The van der Waals surface area contributed by atoms with Gasteiger partial charge in [-0.15, -0.1) is 11.3 Å². The van der Waals surface area contributed by atoms with Crippen molar-refractivity contribution in [3.63, 3.8) is 0 Å². The third kappa shape index (κ3) is 4.50. The molecule has 9 nitrogen and oxygen atoms in total. The monoisotopic (exact) mass is 481 g/mol. The van der Waals surface area contributed by atoms with Crippen LogP contribution in [0.25, 0.3) is 23.0 Å². The van der Waals surface area contributed by atoms with E-state index in [2.05, 4.69) is 25.2 Å². The van der Waals surface area contributed by atoms with Gasteiger partial charge in [0.15, 0.2) is 0 Å². The lowest BCUT2D eigenvalue weighted by molar-refractivity contribution is -0.120. The number of amides is 1. The maximum absolute atomic E-state index is 12.9. The van der Waals surface area contributed by atoms with Gasteiger partial charge in [0.25, 0.3) is 15.9 Å². The second-order valence-electron chi connectivity index (χ2n) is 8.02. The quantitative estimate of drug-likeness (QED) is 0.400. The summed E-state index contributed by atoms with van der Waals surface area (Å²) in [6.07, 6.45) is 1.72. The molecule has 0 atom stereocenters. The zero-order chi connectivity index (χ0) is 23.1. The van der Waals surface area contributed by atoms with Gasteiger partial charge < -0.3 is 9.84 Å². The fourth-order valence-electron chi connectivity index (χ4n) is 3.12. The van der Waals surface area contributed by atoms with Crippen molar-refractivity contribution in [2.45, 2.75) is 24.7 Å². The van der Waals surface area contributed by atoms with E-state index < -0.39 is 10.0 Å². The van der Waals surface area contributed by atoms with Gasteiger partial charge in [0.05, 0.1) is 16.1 Å². The van der Waals surface area contributed by atoms with Gasteiger partial charge in [0.2, 0.25) is 11.7 Å². The summed E-state index contributed by atoms with van der Waals surface area (Å²) >= 11 is 1.42. The third-order valence-corrected chi connectivity index (χ3v) is 7.40. The molecule has 2 heterocycles. The molecule has 0 aliphatic heterocycles. The number of sulfonamides is 1. The molecular formula is C22H19N5O4S2. The van der Waals surface area contributed by atoms with E-state index in [-0.39, 0.29) is 16.2 Å². The predicted molar refractivity (Wildman–Crippen MR) is 124 cm³/mol. The van der Waals surface area contributed by atoms with Crippen molar-refractivity contribution < 1.29 is 17.7 Å². The Bertz CT molecular complexity index is 1410. The van der Waals surface area contributed by atoms with Crippen LogP contribution in [0.1, 0.15) is 19.8 Å². The van der Waals surface area contributed by atoms with Crippen LogP contribution >= 0.6 is 11.3 Å². The highest BCUT2D eigenvalue weighted by Gasteiger charge is 2.44. The van der Waals surface area contributed by atoms with E-state index in [4.69, 9.17) is 4.52 Å². The number of benzene rings is 2. The molecule has 0 bridgehead atoms. The van der Waals surface area contributed by atoms with Crippen LogP contribution in [-0.2, 0) is 14.8 Å². The lowest BCUT2D eigenvalue weighted by atomic mass is 10.1. The zero-order valence-corrected chi connectivity index (χ0v) is 19.1. The molecule has 2 aromatic carbocycles. The van der Waals surface area contributed by atoms with Gasteiger partial charge in [-0.1, -0.05) is 18.1 Å². The molecule has 0 radical (unpaired) electrons. The number of nitrogens with one attached hydrogen (secondary N) is 2. The first-order valence-corrected chi connectivity index (χ1v) is 12.5. The van der Waals surface area contributed by atoms with E-state index >= 15 is 0 Å². The van der Waals surface area contributed by atoms with Crippen LogP contribution in [0, 0.1) is 5.41 Å². The maximum Gasteiger partial charge on any atom is 0.277 e. The Morgan fingerprint density at radius 2 is 1.88 bits per heavy atom. The first-order valence-electron chi connectivity index (χ1n) is 10.1. The molecule has 5 rings (SSSR count). The summed E-state index contributed by atoms with van der Waals surface area (Å²) < 4.78 is 33.5. The van der Waals surface area contributed by atoms with Crippen LogP contribution < -0.4 is 10.0 Å². The molecule has 0 spiro atoms. The van der Waals surface area contributed by atoms with Crippen LogP contribution in [-0.4, -0.2) is 29.4 Å². The first kappa shape index (κ1) is 21.3. The molecule has 1 saturated carbocycles. The number of anilines is 2. The van der Waals surface area contributed by atoms with E-state index in [0.29, 0.717) is 34.3 Å². The van der Waals surface area contributed by atoms with E-state index in [1.54, 1.807) is 47.3 Å². The average Bonchev–Trinajstić information content (AvgIpc) is 3.21. The van der Waals surface area contributed by atoms with Gasteiger partial charge in [-0.05, 0) is 55.3 Å². The Morgan fingerprint density at radius 3 is 2.58 bits per heavy atom. The number of hydrogen-bond acceptors (Lipinski definition) is 8. The minimum Gasteiger partial charge on any atom is -0.332 e. The topological polar surface area (TPSA) is 127 Å². The molecule has 11 heteroatoms.